The van der Waals surface area contributed by atoms with Crippen molar-refractivity contribution < 1.29 is 13.2 Å². The summed E-state index contributed by atoms with van der Waals surface area (Å²) in [5, 5.41) is 2.66. The second-order valence-electron chi connectivity index (χ2n) is 7.24. The molecule has 0 aromatic heterocycles. The van der Waals surface area contributed by atoms with Crippen LogP contribution in [0.15, 0.2) is 17.0 Å². The lowest BCUT2D eigenvalue weighted by Crippen LogP contribution is -2.40. The van der Waals surface area contributed by atoms with Crippen molar-refractivity contribution >= 4 is 15.9 Å². The Hall–Kier alpha value is -1.40. The maximum Gasteiger partial charge on any atom is 0.241 e. The van der Waals surface area contributed by atoms with Crippen LogP contribution in [0.4, 0.5) is 0 Å². The third-order valence-electron chi connectivity index (χ3n) is 3.47. The molecule has 0 aliphatic heterocycles. The zero-order valence-corrected chi connectivity index (χ0v) is 15.9. The van der Waals surface area contributed by atoms with Crippen molar-refractivity contribution in [2.45, 2.75) is 64.8 Å². The number of amides is 1. The molecular formula is C17H28N2O3S. The molecule has 0 saturated heterocycles. The Kier molecular flexibility index (Phi) is 5.99. The van der Waals surface area contributed by atoms with E-state index in [9.17, 15) is 13.2 Å². The second-order valence-corrected chi connectivity index (χ2v) is 8.94. The third kappa shape index (κ3) is 5.32. The van der Waals surface area contributed by atoms with Gasteiger partial charge in [0.15, 0.2) is 0 Å². The second kappa shape index (κ2) is 7.01. The summed E-state index contributed by atoms with van der Waals surface area (Å²) in [6.07, 6.45) is 0. The Morgan fingerprint density at radius 1 is 1.13 bits per heavy atom. The van der Waals surface area contributed by atoms with E-state index in [1.807, 2.05) is 26.0 Å². The molecule has 0 bridgehead atoms. The lowest BCUT2D eigenvalue weighted by molar-refractivity contribution is -0.120. The number of rotatable bonds is 5. The monoisotopic (exact) mass is 340 g/mol. The van der Waals surface area contributed by atoms with Crippen LogP contribution in [-0.4, -0.2) is 26.9 Å². The largest absolute Gasteiger partial charge is 0.353 e. The van der Waals surface area contributed by atoms with Crippen molar-refractivity contribution in [2.24, 2.45) is 0 Å². The van der Waals surface area contributed by atoms with Crippen LogP contribution in [0.25, 0.3) is 0 Å². The van der Waals surface area contributed by atoms with Crippen molar-refractivity contribution in [1.29, 1.82) is 0 Å². The molecule has 0 atom stereocenters. The van der Waals surface area contributed by atoms with Crippen LogP contribution in [0.1, 0.15) is 51.3 Å². The summed E-state index contributed by atoms with van der Waals surface area (Å²) in [7, 11) is -3.73. The topological polar surface area (TPSA) is 75.3 Å². The molecule has 0 heterocycles. The summed E-state index contributed by atoms with van der Waals surface area (Å²) in [6.45, 7) is 13.2. The van der Waals surface area contributed by atoms with Gasteiger partial charge in [-0.15, -0.1) is 0 Å². The van der Waals surface area contributed by atoms with E-state index in [0.29, 0.717) is 11.1 Å². The molecule has 0 aliphatic carbocycles. The normalized spacial score (nSPS) is 12.5. The smallest absolute Gasteiger partial charge is 0.241 e. The van der Waals surface area contributed by atoms with Gasteiger partial charge in [-0.25, -0.2) is 13.1 Å². The fraction of sp³-hybridized carbons (Fsp3) is 0.588. The fourth-order valence-electron chi connectivity index (χ4n) is 2.41. The number of benzene rings is 1. The summed E-state index contributed by atoms with van der Waals surface area (Å²) >= 11 is 0. The number of aryl methyl sites for hydroxylation is 2. The molecule has 6 heteroatoms. The Bertz CT molecular complexity index is 663. The maximum absolute atomic E-state index is 12.5. The number of carbonyl (C=O) groups excluding carboxylic acids is 1. The number of carbonyl (C=O) groups is 1. The van der Waals surface area contributed by atoms with E-state index in [1.54, 1.807) is 13.8 Å². The lowest BCUT2D eigenvalue weighted by atomic mass is 9.85. The van der Waals surface area contributed by atoms with Crippen molar-refractivity contribution in [3.05, 3.63) is 28.8 Å². The van der Waals surface area contributed by atoms with Crippen LogP contribution in [0, 0.1) is 13.8 Å². The van der Waals surface area contributed by atoms with Gasteiger partial charge in [0.2, 0.25) is 15.9 Å². The Morgan fingerprint density at radius 2 is 1.61 bits per heavy atom. The number of sulfonamides is 1. The van der Waals surface area contributed by atoms with Crippen LogP contribution >= 0.6 is 0 Å². The SMILES string of the molecule is Cc1cc(C(C)(C)C)cc(C)c1S(=O)(=O)NCC(=O)NC(C)C. The minimum Gasteiger partial charge on any atom is -0.353 e. The Morgan fingerprint density at radius 3 is 2.00 bits per heavy atom. The van der Waals surface area contributed by atoms with Gasteiger partial charge in [-0.2, -0.15) is 0 Å². The molecule has 0 spiro atoms. The van der Waals surface area contributed by atoms with Crippen molar-refractivity contribution in [3.63, 3.8) is 0 Å². The van der Waals surface area contributed by atoms with E-state index in [-0.39, 0.29) is 28.8 Å². The molecule has 130 valence electrons. The van der Waals surface area contributed by atoms with Crippen LogP contribution in [0.5, 0.6) is 0 Å². The summed E-state index contributed by atoms with van der Waals surface area (Å²) < 4.78 is 27.4. The van der Waals surface area contributed by atoms with Gasteiger partial charge < -0.3 is 5.32 Å². The minimum absolute atomic E-state index is 0.0263. The summed E-state index contributed by atoms with van der Waals surface area (Å²) in [4.78, 5) is 11.9. The van der Waals surface area contributed by atoms with E-state index < -0.39 is 10.0 Å². The highest BCUT2D eigenvalue weighted by atomic mass is 32.2. The molecule has 0 radical (unpaired) electrons. The highest BCUT2D eigenvalue weighted by Crippen LogP contribution is 2.28. The predicted molar refractivity (Wildman–Crippen MR) is 93.1 cm³/mol. The van der Waals surface area contributed by atoms with Crippen molar-refractivity contribution in [3.8, 4) is 0 Å². The van der Waals surface area contributed by atoms with E-state index in [4.69, 9.17) is 0 Å². The average Bonchev–Trinajstić information content (AvgIpc) is 2.33. The molecule has 0 aliphatic rings. The molecule has 1 rings (SSSR count). The third-order valence-corrected chi connectivity index (χ3v) is 5.17. The molecule has 0 fully saturated rings. The van der Waals surface area contributed by atoms with Crippen LogP contribution < -0.4 is 10.0 Å². The Balaban J connectivity index is 3.08. The minimum atomic E-state index is -3.73. The van der Waals surface area contributed by atoms with E-state index in [0.717, 1.165) is 5.56 Å². The van der Waals surface area contributed by atoms with E-state index in [1.165, 1.54) is 0 Å². The predicted octanol–water partition coefficient (Wildman–Crippen LogP) is 2.40. The Labute approximate surface area is 139 Å². The summed E-state index contributed by atoms with van der Waals surface area (Å²) in [6, 6.07) is 3.77. The first-order chi connectivity index (χ1) is 10.3. The number of nitrogens with one attached hydrogen (secondary N) is 2. The molecule has 1 aromatic carbocycles. The zero-order valence-electron chi connectivity index (χ0n) is 15.1. The first-order valence-corrected chi connectivity index (χ1v) is 9.23. The van der Waals surface area contributed by atoms with Gasteiger partial charge >= 0.3 is 0 Å². The summed E-state index contributed by atoms with van der Waals surface area (Å²) in [5.74, 6) is -0.342. The standard InChI is InChI=1S/C17H28N2O3S/c1-11(2)19-15(20)10-18-23(21,22)16-12(3)8-14(9-13(16)4)17(5,6)7/h8-9,11,18H,10H2,1-7H3,(H,19,20). The van der Waals surface area contributed by atoms with Crippen LogP contribution in [0.3, 0.4) is 0 Å². The van der Waals surface area contributed by atoms with Gasteiger partial charge in [-0.05, 0) is 49.8 Å². The molecule has 2 N–H and O–H groups in total. The van der Waals surface area contributed by atoms with E-state index >= 15 is 0 Å². The quantitative estimate of drug-likeness (QED) is 0.864. The first-order valence-electron chi connectivity index (χ1n) is 7.75. The highest BCUT2D eigenvalue weighted by molar-refractivity contribution is 7.89. The lowest BCUT2D eigenvalue weighted by Gasteiger charge is -2.22. The summed E-state index contributed by atoms with van der Waals surface area (Å²) in [5.41, 5.74) is 2.41. The average molecular weight is 340 g/mol. The van der Waals surface area contributed by atoms with Crippen LogP contribution in [0.2, 0.25) is 0 Å². The van der Waals surface area contributed by atoms with Crippen LogP contribution in [-0.2, 0) is 20.2 Å². The first kappa shape index (κ1) is 19.6. The molecule has 1 aromatic rings. The highest BCUT2D eigenvalue weighted by Gasteiger charge is 2.23. The van der Waals surface area contributed by atoms with Gasteiger partial charge in [-0.3, -0.25) is 4.79 Å². The molecule has 1 amide bonds. The van der Waals surface area contributed by atoms with Gasteiger partial charge in [0.25, 0.3) is 0 Å². The number of hydrogen-bond acceptors (Lipinski definition) is 3. The number of hydrogen-bond donors (Lipinski definition) is 2. The van der Waals surface area contributed by atoms with Gasteiger partial charge in [0.1, 0.15) is 0 Å². The zero-order chi connectivity index (χ0) is 18.0. The molecule has 23 heavy (non-hydrogen) atoms. The molecule has 0 saturated carbocycles. The maximum atomic E-state index is 12.5. The van der Waals surface area contributed by atoms with Gasteiger partial charge in [0.05, 0.1) is 11.4 Å². The molecule has 5 nitrogen and oxygen atoms in total. The van der Waals surface area contributed by atoms with Gasteiger partial charge in [-0.1, -0.05) is 32.9 Å². The molecule has 0 unspecified atom stereocenters. The van der Waals surface area contributed by atoms with Crippen molar-refractivity contribution in [2.75, 3.05) is 6.54 Å². The van der Waals surface area contributed by atoms with Gasteiger partial charge in [0, 0.05) is 6.04 Å². The van der Waals surface area contributed by atoms with E-state index in [2.05, 4.69) is 30.8 Å². The molecular weight excluding hydrogens is 312 g/mol. The van der Waals surface area contributed by atoms with Crippen molar-refractivity contribution in [1.82, 2.24) is 10.0 Å². The fourth-order valence-corrected chi connectivity index (χ4v) is 3.84.